The summed E-state index contributed by atoms with van der Waals surface area (Å²) in [6.07, 6.45) is 0.960. The molecule has 5 nitrogen and oxygen atoms in total. The van der Waals surface area contributed by atoms with Crippen molar-refractivity contribution in [1.29, 1.82) is 0 Å². The zero-order valence-corrected chi connectivity index (χ0v) is 12.0. The fourth-order valence-electron chi connectivity index (χ4n) is 2.12. The van der Waals surface area contributed by atoms with Gasteiger partial charge in [-0.1, -0.05) is 6.07 Å². The summed E-state index contributed by atoms with van der Waals surface area (Å²) in [6.45, 7) is 5.32. The zero-order valence-electron chi connectivity index (χ0n) is 12.0. The molecule has 1 aliphatic rings. The Bertz CT molecular complexity index is 455. The van der Waals surface area contributed by atoms with Crippen molar-refractivity contribution in [3.05, 3.63) is 23.8 Å². The van der Waals surface area contributed by atoms with Gasteiger partial charge in [-0.25, -0.2) is 0 Å². The van der Waals surface area contributed by atoms with Crippen molar-refractivity contribution >= 4 is 11.6 Å². The third-order valence-electron chi connectivity index (χ3n) is 3.07. The number of carbonyl (C=O) groups is 1. The van der Waals surface area contributed by atoms with Crippen LogP contribution in [0.2, 0.25) is 0 Å². The lowest BCUT2D eigenvalue weighted by Crippen LogP contribution is -2.25. The monoisotopic (exact) mass is 279 g/mol. The molecule has 1 N–H and O–H groups in total. The van der Waals surface area contributed by atoms with Crippen LogP contribution in [-0.4, -0.2) is 32.0 Å². The number of fused-ring (bicyclic) bond motifs is 1. The molecular weight excluding hydrogens is 258 g/mol. The molecule has 0 bridgehead atoms. The van der Waals surface area contributed by atoms with Gasteiger partial charge in [0.1, 0.15) is 12.4 Å². The quantitative estimate of drug-likeness (QED) is 0.778. The first-order chi connectivity index (χ1) is 9.72. The molecule has 0 saturated carbocycles. The Morgan fingerprint density at radius 1 is 1.20 bits per heavy atom. The van der Waals surface area contributed by atoms with Crippen molar-refractivity contribution in [3.8, 4) is 5.75 Å². The van der Waals surface area contributed by atoms with Crippen molar-refractivity contribution in [2.75, 3.05) is 25.1 Å². The van der Waals surface area contributed by atoms with Gasteiger partial charge in [0.05, 0.1) is 0 Å². The van der Waals surface area contributed by atoms with Crippen molar-refractivity contribution in [3.63, 3.8) is 0 Å². The Balaban J connectivity index is 1.96. The van der Waals surface area contributed by atoms with Gasteiger partial charge >= 0.3 is 0 Å². The molecule has 0 fully saturated rings. The molecule has 1 aromatic rings. The predicted octanol–water partition coefficient (Wildman–Crippen LogP) is 2.35. The Morgan fingerprint density at radius 3 is 2.65 bits per heavy atom. The molecule has 5 heteroatoms. The van der Waals surface area contributed by atoms with E-state index < -0.39 is 0 Å². The van der Waals surface area contributed by atoms with E-state index in [0.29, 0.717) is 32.0 Å². The summed E-state index contributed by atoms with van der Waals surface area (Å²) in [5.41, 5.74) is 1.98. The second-order valence-corrected chi connectivity index (χ2v) is 4.52. The molecule has 0 unspecified atom stereocenters. The Morgan fingerprint density at radius 2 is 1.95 bits per heavy atom. The maximum atomic E-state index is 11.4. The lowest BCUT2D eigenvalue weighted by Gasteiger charge is -2.20. The zero-order chi connectivity index (χ0) is 14.4. The summed E-state index contributed by atoms with van der Waals surface area (Å²) >= 11 is 0. The predicted molar refractivity (Wildman–Crippen MR) is 75.9 cm³/mol. The number of amides is 1. The molecule has 0 spiro atoms. The number of aryl methyl sites for hydroxylation is 1. The molecule has 0 aliphatic carbocycles. The lowest BCUT2D eigenvalue weighted by atomic mass is 10.0. The molecule has 20 heavy (non-hydrogen) atoms. The standard InChI is InChI=1S/C15H21NO4/c1-3-18-15(19-4-2)10-20-12-7-5-11-6-8-14(17)16-13(11)9-12/h5,7,9,15H,3-4,6,8,10H2,1-2H3,(H,16,17). The highest BCUT2D eigenvalue weighted by Crippen LogP contribution is 2.27. The van der Waals surface area contributed by atoms with Crippen molar-refractivity contribution in [1.82, 2.24) is 0 Å². The summed E-state index contributed by atoms with van der Waals surface area (Å²) in [5.74, 6) is 0.756. The van der Waals surface area contributed by atoms with Gasteiger partial charge in [-0.05, 0) is 31.9 Å². The maximum absolute atomic E-state index is 11.4. The molecule has 1 aliphatic heterocycles. The number of ether oxygens (including phenoxy) is 3. The topological polar surface area (TPSA) is 56.8 Å². The summed E-state index contributed by atoms with van der Waals surface area (Å²) in [5, 5.41) is 2.86. The van der Waals surface area contributed by atoms with Crippen molar-refractivity contribution < 1.29 is 19.0 Å². The van der Waals surface area contributed by atoms with Crippen LogP contribution in [0.3, 0.4) is 0 Å². The molecule has 0 atom stereocenters. The average Bonchev–Trinajstić information content (AvgIpc) is 2.44. The summed E-state index contributed by atoms with van der Waals surface area (Å²) in [4.78, 5) is 11.4. The molecule has 2 rings (SSSR count). The summed E-state index contributed by atoms with van der Waals surface area (Å²) < 4.78 is 16.5. The number of benzene rings is 1. The number of rotatable bonds is 7. The molecule has 110 valence electrons. The average molecular weight is 279 g/mol. The van der Waals surface area contributed by atoms with Gasteiger partial charge in [-0.2, -0.15) is 0 Å². The third-order valence-corrected chi connectivity index (χ3v) is 3.07. The minimum Gasteiger partial charge on any atom is -0.488 e. The third kappa shape index (κ3) is 3.95. The molecule has 0 aromatic heterocycles. The van der Waals surface area contributed by atoms with Crippen LogP contribution in [0.25, 0.3) is 0 Å². The van der Waals surface area contributed by atoms with Crippen LogP contribution in [0, 0.1) is 0 Å². The molecule has 1 aromatic carbocycles. The smallest absolute Gasteiger partial charge is 0.224 e. The van der Waals surface area contributed by atoms with Gasteiger partial charge in [-0.3, -0.25) is 4.79 Å². The van der Waals surface area contributed by atoms with Crippen LogP contribution in [-0.2, 0) is 20.7 Å². The number of carbonyl (C=O) groups excluding carboxylic acids is 1. The maximum Gasteiger partial charge on any atom is 0.224 e. The number of hydrogen-bond donors (Lipinski definition) is 1. The van der Waals surface area contributed by atoms with E-state index in [1.165, 1.54) is 0 Å². The van der Waals surface area contributed by atoms with E-state index in [1.54, 1.807) is 0 Å². The van der Waals surface area contributed by atoms with E-state index in [0.717, 1.165) is 17.7 Å². The second kappa shape index (κ2) is 7.26. The SMILES string of the molecule is CCOC(COc1ccc2c(c1)NC(=O)CC2)OCC. The first kappa shape index (κ1) is 14.8. The van der Waals surface area contributed by atoms with Crippen LogP contribution in [0.5, 0.6) is 5.75 Å². The second-order valence-electron chi connectivity index (χ2n) is 4.52. The van der Waals surface area contributed by atoms with Gasteiger partial charge < -0.3 is 19.5 Å². The number of hydrogen-bond acceptors (Lipinski definition) is 4. The van der Waals surface area contributed by atoms with Crippen LogP contribution < -0.4 is 10.1 Å². The van der Waals surface area contributed by atoms with Crippen LogP contribution >= 0.6 is 0 Å². The number of anilines is 1. The Labute approximate surface area is 119 Å². The van der Waals surface area contributed by atoms with Crippen LogP contribution in [0.1, 0.15) is 25.8 Å². The minimum atomic E-state index is -0.365. The van der Waals surface area contributed by atoms with Crippen molar-refractivity contribution in [2.24, 2.45) is 0 Å². The number of nitrogens with one attached hydrogen (secondary N) is 1. The summed E-state index contributed by atoms with van der Waals surface area (Å²) in [7, 11) is 0. The highest BCUT2D eigenvalue weighted by molar-refractivity contribution is 5.94. The van der Waals surface area contributed by atoms with E-state index >= 15 is 0 Å². The largest absolute Gasteiger partial charge is 0.488 e. The van der Waals surface area contributed by atoms with Crippen molar-refractivity contribution in [2.45, 2.75) is 33.0 Å². The molecule has 0 saturated heterocycles. The minimum absolute atomic E-state index is 0.0520. The highest BCUT2D eigenvalue weighted by Gasteiger charge is 2.15. The van der Waals surface area contributed by atoms with Crippen LogP contribution in [0.4, 0.5) is 5.69 Å². The first-order valence-electron chi connectivity index (χ1n) is 7.01. The normalized spacial score (nSPS) is 14.1. The fourth-order valence-corrected chi connectivity index (χ4v) is 2.12. The van der Waals surface area contributed by atoms with Gasteiger partial charge in [0.15, 0.2) is 6.29 Å². The van der Waals surface area contributed by atoms with E-state index in [-0.39, 0.29) is 12.2 Å². The van der Waals surface area contributed by atoms with E-state index in [1.807, 2.05) is 32.0 Å². The molecule has 0 radical (unpaired) electrons. The van der Waals surface area contributed by atoms with Crippen LogP contribution in [0.15, 0.2) is 18.2 Å². The lowest BCUT2D eigenvalue weighted by molar-refractivity contribution is -0.152. The van der Waals surface area contributed by atoms with Gasteiger partial charge in [0.25, 0.3) is 0 Å². The van der Waals surface area contributed by atoms with Gasteiger partial charge in [0, 0.05) is 31.4 Å². The first-order valence-corrected chi connectivity index (χ1v) is 7.01. The van der Waals surface area contributed by atoms with E-state index in [9.17, 15) is 4.79 Å². The fraction of sp³-hybridized carbons (Fsp3) is 0.533. The van der Waals surface area contributed by atoms with E-state index in [4.69, 9.17) is 14.2 Å². The summed E-state index contributed by atoms with van der Waals surface area (Å²) in [6, 6.07) is 5.74. The molecular formula is C15H21NO4. The molecule has 1 amide bonds. The highest BCUT2D eigenvalue weighted by atomic mass is 16.7. The van der Waals surface area contributed by atoms with E-state index in [2.05, 4.69) is 5.32 Å². The molecule has 1 heterocycles. The Kier molecular flexibility index (Phi) is 5.38. The van der Waals surface area contributed by atoms with Gasteiger partial charge in [-0.15, -0.1) is 0 Å². The van der Waals surface area contributed by atoms with Gasteiger partial charge in [0.2, 0.25) is 5.91 Å². The Hall–Kier alpha value is -1.59.